The van der Waals surface area contributed by atoms with Crippen LogP contribution >= 0.6 is 0 Å². The highest BCUT2D eigenvalue weighted by Gasteiger charge is 2.13. The van der Waals surface area contributed by atoms with Crippen LogP contribution in [0, 0.1) is 11.3 Å². The molecule has 0 bridgehead atoms. The molecule has 1 N–H and O–H groups in total. The molecule has 1 aromatic heterocycles. The molecule has 3 heteroatoms. The molecule has 0 fully saturated rings. The SMILES string of the molecule is C=C/C(=C\C=C(/C)C(C=N)CCC)c1cc(-c2cccc(C(/C=c3/ccccc3=C)=C/C)c2)nc(-c2cccc(-c3ccccc3)c2)n1. The molecule has 0 amide bonds. The average Bonchev–Trinajstić information content (AvgIpc) is 3.14. The van der Waals surface area contributed by atoms with Crippen LogP contribution in [0.15, 0.2) is 146 Å². The zero-order valence-electron chi connectivity index (χ0n) is 28.2. The van der Waals surface area contributed by atoms with Crippen molar-refractivity contribution in [2.45, 2.75) is 33.6 Å². The molecule has 1 heterocycles. The van der Waals surface area contributed by atoms with Gasteiger partial charge in [0.05, 0.1) is 11.4 Å². The monoisotopic (exact) mass is 625 g/mol. The van der Waals surface area contributed by atoms with Gasteiger partial charge in [-0.3, -0.25) is 0 Å². The van der Waals surface area contributed by atoms with Crippen molar-refractivity contribution in [2.24, 2.45) is 5.92 Å². The summed E-state index contributed by atoms with van der Waals surface area (Å²) in [6, 6.07) is 37.5. The lowest BCUT2D eigenvalue weighted by Crippen LogP contribution is -2.21. The minimum Gasteiger partial charge on any atom is -0.312 e. The van der Waals surface area contributed by atoms with Gasteiger partial charge in [0.2, 0.25) is 0 Å². The molecule has 1 unspecified atom stereocenters. The summed E-state index contributed by atoms with van der Waals surface area (Å²) in [6.07, 6.45) is 13.8. The quantitative estimate of drug-likeness (QED) is 0.111. The number of allylic oxidation sites excluding steroid dienone is 7. The van der Waals surface area contributed by atoms with Crippen LogP contribution in [0.25, 0.3) is 57.6 Å². The van der Waals surface area contributed by atoms with Crippen LogP contribution in [0.2, 0.25) is 0 Å². The van der Waals surface area contributed by atoms with Crippen molar-refractivity contribution in [3.05, 3.63) is 167 Å². The summed E-state index contributed by atoms with van der Waals surface area (Å²) in [4.78, 5) is 10.3. The maximum absolute atomic E-state index is 7.91. The van der Waals surface area contributed by atoms with Gasteiger partial charge in [-0.05, 0) is 82.8 Å². The number of aromatic nitrogens is 2. The third-order valence-corrected chi connectivity index (χ3v) is 8.55. The molecule has 0 saturated carbocycles. The molecule has 0 radical (unpaired) electrons. The molecule has 0 saturated heterocycles. The molecule has 0 aliphatic rings. The Bertz CT molecular complexity index is 2120. The highest BCUT2D eigenvalue weighted by Crippen LogP contribution is 2.30. The van der Waals surface area contributed by atoms with Gasteiger partial charge in [0.25, 0.3) is 0 Å². The van der Waals surface area contributed by atoms with Gasteiger partial charge in [-0.25, -0.2) is 9.97 Å². The first-order valence-corrected chi connectivity index (χ1v) is 16.5. The third kappa shape index (κ3) is 8.18. The molecule has 0 spiro atoms. The van der Waals surface area contributed by atoms with Gasteiger partial charge in [0.15, 0.2) is 5.82 Å². The van der Waals surface area contributed by atoms with Gasteiger partial charge in [-0.1, -0.05) is 147 Å². The molecule has 4 aromatic carbocycles. The summed E-state index contributed by atoms with van der Waals surface area (Å²) in [6.45, 7) is 14.7. The summed E-state index contributed by atoms with van der Waals surface area (Å²) in [5.41, 5.74) is 10.0. The molecule has 1 atom stereocenters. The molecule has 5 rings (SSSR count). The summed E-state index contributed by atoms with van der Waals surface area (Å²) in [5.74, 6) is 0.761. The largest absolute Gasteiger partial charge is 0.312 e. The molecular formula is C45H43N3. The Balaban J connectivity index is 1.65. The van der Waals surface area contributed by atoms with E-state index in [4.69, 9.17) is 15.4 Å². The summed E-state index contributed by atoms with van der Waals surface area (Å²) >= 11 is 0. The Morgan fingerprint density at radius 3 is 2.21 bits per heavy atom. The van der Waals surface area contributed by atoms with Crippen LogP contribution in [-0.4, -0.2) is 16.2 Å². The van der Waals surface area contributed by atoms with E-state index in [0.717, 1.165) is 79.2 Å². The second-order valence-corrected chi connectivity index (χ2v) is 11.9. The second-order valence-electron chi connectivity index (χ2n) is 11.9. The van der Waals surface area contributed by atoms with Crippen LogP contribution < -0.4 is 10.4 Å². The Labute approximate surface area is 285 Å². The van der Waals surface area contributed by atoms with Gasteiger partial charge in [-0.2, -0.15) is 0 Å². The van der Waals surface area contributed by atoms with E-state index < -0.39 is 0 Å². The number of benzene rings is 4. The van der Waals surface area contributed by atoms with E-state index in [2.05, 4.69) is 137 Å². The number of rotatable bonds is 12. The van der Waals surface area contributed by atoms with Crippen LogP contribution in [0.5, 0.6) is 0 Å². The number of hydrogen-bond acceptors (Lipinski definition) is 3. The Kier molecular flexibility index (Phi) is 11.4. The van der Waals surface area contributed by atoms with E-state index >= 15 is 0 Å². The Morgan fingerprint density at radius 1 is 0.771 bits per heavy atom. The van der Waals surface area contributed by atoms with E-state index in [9.17, 15) is 0 Å². The standard InChI is InChI=1S/C45H43N3/c1-6-16-42(31-46)33(5)25-26-34(7-2)43-30-44(48-45(47-43)41-24-15-22-39(29-41)36-18-10-9-11-19-36)40-23-14-21-38(28-40)35(8-3)27-37-20-13-12-17-32(37)4/h7-15,17-31,42,46H,2,4,6,16H2,1,3,5H3/b33-25+,34-26+,35-8+,37-27-,46-31?. The van der Waals surface area contributed by atoms with Crippen molar-refractivity contribution in [2.75, 3.05) is 0 Å². The molecule has 5 aromatic rings. The van der Waals surface area contributed by atoms with Crippen molar-refractivity contribution in [1.29, 1.82) is 5.41 Å². The van der Waals surface area contributed by atoms with E-state index in [1.54, 1.807) is 0 Å². The van der Waals surface area contributed by atoms with Crippen molar-refractivity contribution in [3.63, 3.8) is 0 Å². The normalized spacial score (nSPS) is 13.3. The van der Waals surface area contributed by atoms with Gasteiger partial charge in [-0.15, -0.1) is 0 Å². The summed E-state index contributed by atoms with van der Waals surface area (Å²) < 4.78 is 0. The van der Waals surface area contributed by atoms with Crippen LogP contribution in [0.3, 0.4) is 0 Å². The topological polar surface area (TPSA) is 49.6 Å². The van der Waals surface area contributed by atoms with Crippen LogP contribution in [0.1, 0.15) is 44.9 Å². The van der Waals surface area contributed by atoms with Gasteiger partial charge in [0.1, 0.15) is 0 Å². The van der Waals surface area contributed by atoms with Crippen molar-refractivity contribution >= 4 is 30.0 Å². The lowest BCUT2D eigenvalue weighted by molar-refractivity contribution is 0.697. The molecular weight excluding hydrogens is 583 g/mol. The lowest BCUT2D eigenvalue weighted by Gasteiger charge is -2.13. The zero-order chi connectivity index (χ0) is 33.9. The van der Waals surface area contributed by atoms with Crippen LogP contribution in [0.4, 0.5) is 0 Å². The van der Waals surface area contributed by atoms with Crippen molar-refractivity contribution in [1.82, 2.24) is 9.97 Å². The predicted octanol–water partition coefficient (Wildman–Crippen LogP) is 10.4. The number of hydrogen-bond donors (Lipinski definition) is 1. The molecule has 238 valence electrons. The summed E-state index contributed by atoms with van der Waals surface area (Å²) in [7, 11) is 0. The van der Waals surface area contributed by atoms with Gasteiger partial charge >= 0.3 is 0 Å². The fraction of sp³-hybridized carbons (Fsp3) is 0.133. The third-order valence-electron chi connectivity index (χ3n) is 8.55. The van der Waals surface area contributed by atoms with Gasteiger partial charge < -0.3 is 5.41 Å². The van der Waals surface area contributed by atoms with Crippen molar-refractivity contribution in [3.8, 4) is 33.8 Å². The molecule has 0 aliphatic heterocycles. The molecule has 48 heavy (non-hydrogen) atoms. The molecule has 3 nitrogen and oxygen atoms in total. The fourth-order valence-corrected chi connectivity index (χ4v) is 5.73. The second kappa shape index (κ2) is 16.2. The first kappa shape index (κ1) is 33.7. The van der Waals surface area contributed by atoms with Crippen LogP contribution in [-0.2, 0) is 0 Å². The Morgan fingerprint density at radius 2 is 1.48 bits per heavy atom. The highest BCUT2D eigenvalue weighted by molar-refractivity contribution is 5.89. The first-order chi connectivity index (χ1) is 23.4. The average molecular weight is 626 g/mol. The number of nitrogens with one attached hydrogen (secondary N) is 1. The zero-order valence-corrected chi connectivity index (χ0v) is 28.2. The van der Waals surface area contributed by atoms with E-state index in [1.165, 1.54) is 6.21 Å². The maximum atomic E-state index is 7.91. The number of nitrogens with zero attached hydrogens (tertiary/aromatic N) is 2. The molecule has 0 aliphatic carbocycles. The highest BCUT2D eigenvalue weighted by atomic mass is 14.9. The Hall–Kier alpha value is -5.67. The summed E-state index contributed by atoms with van der Waals surface area (Å²) in [5, 5.41) is 10.00. The minimum atomic E-state index is 0.116. The fourth-order valence-electron chi connectivity index (χ4n) is 5.73. The smallest absolute Gasteiger partial charge is 0.160 e. The minimum absolute atomic E-state index is 0.116. The van der Waals surface area contributed by atoms with E-state index in [1.807, 2.05) is 36.4 Å². The van der Waals surface area contributed by atoms with E-state index in [0.29, 0.717) is 5.82 Å². The maximum Gasteiger partial charge on any atom is 0.160 e. The van der Waals surface area contributed by atoms with Crippen molar-refractivity contribution < 1.29 is 0 Å². The predicted molar refractivity (Wildman–Crippen MR) is 207 cm³/mol. The first-order valence-electron chi connectivity index (χ1n) is 16.5. The van der Waals surface area contributed by atoms with E-state index in [-0.39, 0.29) is 5.92 Å². The lowest BCUT2D eigenvalue weighted by atomic mass is 9.95. The van der Waals surface area contributed by atoms with Gasteiger partial charge in [0, 0.05) is 23.3 Å².